The van der Waals surface area contributed by atoms with E-state index >= 15 is 0 Å². The van der Waals surface area contributed by atoms with Crippen LogP contribution in [0.1, 0.15) is 22.3 Å². The van der Waals surface area contributed by atoms with Crippen LogP contribution in [0.3, 0.4) is 0 Å². The molecule has 0 radical (unpaired) electrons. The first kappa shape index (κ1) is 17.9. The smallest absolute Gasteiger partial charge is 0.269 e. The maximum atomic E-state index is 12.3. The minimum absolute atomic E-state index is 0.104. The number of halogens is 1. The lowest BCUT2D eigenvalue weighted by Crippen LogP contribution is -2.45. The van der Waals surface area contributed by atoms with Gasteiger partial charge in [0.1, 0.15) is 0 Å². The Kier molecular flexibility index (Phi) is 5.23. The van der Waals surface area contributed by atoms with Gasteiger partial charge in [-0.05, 0) is 37.3 Å². The van der Waals surface area contributed by atoms with E-state index < -0.39 is 17.7 Å². The molecule has 0 unspecified atom stereocenters. The summed E-state index contributed by atoms with van der Waals surface area (Å²) < 4.78 is 0. The van der Waals surface area contributed by atoms with Crippen LogP contribution in [0.4, 0.5) is 5.69 Å². The average molecular weight is 372 g/mol. The summed E-state index contributed by atoms with van der Waals surface area (Å²) in [5, 5.41) is 0.430. The van der Waals surface area contributed by atoms with E-state index in [9.17, 15) is 14.4 Å². The number of benzene rings is 2. The standard InChI is InChI=1S/C19H18ClN3O3/c1-12-5-7-16(8-6-12)23-11-14(10-17(23)24)19(26)22-21-18(25)13-3-2-4-15(20)9-13/h2-9,14H,10-11H2,1H3,(H,21,25)(H,22,26)/t14-/m0/s1. The number of nitrogens with one attached hydrogen (secondary N) is 2. The Morgan fingerprint density at radius 3 is 2.54 bits per heavy atom. The first-order chi connectivity index (χ1) is 12.4. The van der Waals surface area contributed by atoms with E-state index in [1.54, 1.807) is 23.1 Å². The Morgan fingerprint density at radius 2 is 1.85 bits per heavy atom. The normalized spacial score (nSPS) is 16.5. The summed E-state index contributed by atoms with van der Waals surface area (Å²) in [5.74, 6) is -1.51. The highest BCUT2D eigenvalue weighted by Crippen LogP contribution is 2.25. The highest BCUT2D eigenvalue weighted by Gasteiger charge is 2.35. The van der Waals surface area contributed by atoms with Gasteiger partial charge in [0, 0.05) is 29.2 Å². The molecule has 26 heavy (non-hydrogen) atoms. The topological polar surface area (TPSA) is 78.5 Å². The first-order valence-corrected chi connectivity index (χ1v) is 8.54. The molecule has 134 valence electrons. The third-order valence-electron chi connectivity index (χ3n) is 4.23. The Labute approximate surface area is 156 Å². The number of hydrogen-bond acceptors (Lipinski definition) is 3. The second kappa shape index (κ2) is 7.58. The summed E-state index contributed by atoms with van der Waals surface area (Å²) in [7, 11) is 0. The largest absolute Gasteiger partial charge is 0.312 e. The van der Waals surface area contributed by atoms with Crippen LogP contribution in [0.2, 0.25) is 5.02 Å². The van der Waals surface area contributed by atoms with Crippen molar-refractivity contribution >= 4 is 35.0 Å². The molecule has 7 heteroatoms. The molecule has 1 aliphatic heterocycles. The van der Waals surface area contributed by atoms with Crippen molar-refractivity contribution in [1.29, 1.82) is 0 Å². The van der Waals surface area contributed by atoms with Gasteiger partial charge in [-0.25, -0.2) is 0 Å². The molecule has 0 bridgehead atoms. The first-order valence-electron chi connectivity index (χ1n) is 8.17. The summed E-state index contributed by atoms with van der Waals surface area (Å²) >= 11 is 5.84. The van der Waals surface area contributed by atoms with Crippen molar-refractivity contribution in [2.24, 2.45) is 5.92 Å². The zero-order chi connectivity index (χ0) is 18.7. The summed E-state index contributed by atoms with van der Waals surface area (Å²) in [5.41, 5.74) is 6.93. The number of anilines is 1. The van der Waals surface area contributed by atoms with Crippen molar-refractivity contribution < 1.29 is 14.4 Å². The number of carbonyl (C=O) groups excluding carboxylic acids is 3. The van der Waals surface area contributed by atoms with Gasteiger partial charge in [-0.1, -0.05) is 35.4 Å². The Morgan fingerprint density at radius 1 is 1.12 bits per heavy atom. The Bertz CT molecular complexity index is 851. The van der Waals surface area contributed by atoms with Crippen LogP contribution in [0.15, 0.2) is 48.5 Å². The van der Waals surface area contributed by atoms with E-state index in [1.807, 2.05) is 31.2 Å². The molecule has 1 heterocycles. The van der Waals surface area contributed by atoms with Gasteiger partial charge in [-0.2, -0.15) is 0 Å². The second-order valence-electron chi connectivity index (χ2n) is 6.19. The number of amides is 3. The molecular weight excluding hydrogens is 354 g/mol. The third kappa shape index (κ3) is 4.03. The van der Waals surface area contributed by atoms with Crippen LogP contribution < -0.4 is 15.8 Å². The molecular formula is C19H18ClN3O3. The monoisotopic (exact) mass is 371 g/mol. The second-order valence-corrected chi connectivity index (χ2v) is 6.63. The molecule has 0 aromatic heterocycles. The lowest BCUT2D eigenvalue weighted by Gasteiger charge is -2.17. The predicted octanol–water partition coefficient (Wildman–Crippen LogP) is 2.46. The third-order valence-corrected chi connectivity index (χ3v) is 4.46. The maximum absolute atomic E-state index is 12.3. The molecule has 1 aliphatic rings. The SMILES string of the molecule is Cc1ccc(N2C[C@@H](C(=O)NNC(=O)c3cccc(Cl)c3)CC2=O)cc1. The van der Waals surface area contributed by atoms with Crippen molar-refractivity contribution in [2.75, 3.05) is 11.4 Å². The van der Waals surface area contributed by atoms with Crippen molar-refractivity contribution in [3.05, 3.63) is 64.7 Å². The minimum Gasteiger partial charge on any atom is -0.312 e. The van der Waals surface area contributed by atoms with Crippen molar-refractivity contribution in [2.45, 2.75) is 13.3 Å². The van der Waals surface area contributed by atoms with Crippen LogP contribution >= 0.6 is 11.6 Å². The zero-order valence-corrected chi connectivity index (χ0v) is 14.9. The van der Waals surface area contributed by atoms with Crippen LogP contribution in [0.5, 0.6) is 0 Å². The summed E-state index contributed by atoms with van der Waals surface area (Å²) in [6.45, 7) is 2.25. The zero-order valence-electron chi connectivity index (χ0n) is 14.2. The summed E-state index contributed by atoms with van der Waals surface area (Å²) in [4.78, 5) is 38.1. The minimum atomic E-state index is -0.525. The fourth-order valence-corrected chi connectivity index (χ4v) is 2.97. The number of carbonyl (C=O) groups is 3. The number of hydrazine groups is 1. The van der Waals surface area contributed by atoms with E-state index in [0.717, 1.165) is 11.3 Å². The quantitative estimate of drug-likeness (QED) is 0.813. The van der Waals surface area contributed by atoms with E-state index in [0.29, 0.717) is 10.6 Å². The summed E-state index contributed by atoms with van der Waals surface area (Å²) in [6.07, 6.45) is 0.104. The number of hydrogen-bond donors (Lipinski definition) is 2. The fourth-order valence-electron chi connectivity index (χ4n) is 2.78. The molecule has 1 atom stereocenters. The van der Waals surface area contributed by atoms with E-state index in [4.69, 9.17) is 11.6 Å². The molecule has 2 aromatic rings. The van der Waals surface area contributed by atoms with Crippen LogP contribution in [0.25, 0.3) is 0 Å². The van der Waals surface area contributed by atoms with E-state index in [2.05, 4.69) is 10.9 Å². The van der Waals surface area contributed by atoms with E-state index in [1.165, 1.54) is 6.07 Å². The molecule has 2 aromatic carbocycles. The molecule has 0 spiro atoms. The number of rotatable bonds is 3. The highest BCUT2D eigenvalue weighted by atomic mass is 35.5. The van der Waals surface area contributed by atoms with Crippen LogP contribution in [0, 0.1) is 12.8 Å². The molecule has 2 N–H and O–H groups in total. The summed E-state index contributed by atoms with van der Waals surface area (Å²) in [6, 6.07) is 13.9. The van der Waals surface area contributed by atoms with Gasteiger partial charge in [-0.3, -0.25) is 25.2 Å². The van der Waals surface area contributed by atoms with E-state index in [-0.39, 0.29) is 18.9 Å². The Balaban J connectivity index is 1.58. The molecule has 3 rings (SSSR count). The van der Waals surface area contributed by atoms with Gasteiger partial charge in [0.05, 0.1) is 5.92 Å². The van der Waals surface area contributed by atoms with Crippen molar-refractivity contribution in [3.63, 3.8) is 0 Å². The average Bonchev–Trinajstić information content (AvgIpc) is 3.02. The van der Waals surface area contributed by atoms with Gasteiger partial charge in [0.25, 0.3) is 5.91 Å². The van der Waals surface area contributed by atoms with Gasteiger partial charge < -0.3 is 4.90 Å². The molecule has 6 nitrogen and oxygen atoms in total. The van der Waals surface area contributed by atoms with Crippen LogP contribution in [-0.4, -0.2) is 24.3 Å². The molecule has 0 aliphatic carbocycles. The van der Waals surface area contributed by atoms with Crippen LogP contribution in [-0.2, 0) is 9.59 Å². The molecule has 3 amide bonds. The lowest BCUT2D eigenvalue weighted by molar-refractivity contribution is -0.126. The highest BCUT2D eigenvalue weighted by molar-refractivity contribution is 6.30. The molecule has 1 saturated heterocycles. The fraction of sp³-hybridized carbons (Fsp3) is 0.211. The van der Waals surface area contributed by atoms with Gasteiger partial charge in [0.2, 0.25) is 11.8 Å². The number of nitrogens with zero attached hydrogens (tertiary/aromatic N) is 1. The number of aryl methyl sites for hydroxylation is 1. The van der Waals surface area contributed by atoms with Gasteiger partial charge in [0.15, 0.2) is 0 Å². The Hall–Kier alpha value is -2.86. The van der Waals surface area contributed by atoms with Crippen molar-refractivity contribution in [1.82, 2.24) is 10.9 Å². The van der Waals surface area contributed by atoms with Gasteiger partial charge >= 0.3 is 0 Å². The molecule has 0 saturated carbocycles. The lowest BCUT2D eigenvalue weighted by atomic mass is 10.1. The predicted molar refractivity (Wildman–Crippen MR) is 98.7 cm³/mol. The molecule has 1 fully saturated rings. The van der Waals surface area contributed by atoms with Gasteiger partial charge in [-0.15, -0.1) is 0 Å². The van der Waals surface area contributed by atoms with Crippen molar-refractivity contribution in [3.8, 4) is 0 Å². The maximum Gasteiger partial charge on any atom is 0.269 e.